The van der Waals surface area contributed by atoms with E-state index in [1.807, 2.05) is 37.3 Å². The van der Waals surface area contributed by atoms with Crippen LogP contribution < -0.4 is 15.4 Å². The SMILES string of the molecule is C[C@@H](NC(=O)c1ccccc1NS(=O)(=O)c1ccc2c(c1)CC(=O)N2)c1ccccc1. The number of sulfonamides is 1. The van der Waals surface area contributed by atoms with Gasteiger partial charge in [-0.1, -0.05) is 42.5 Å². The Morgan fingerprint density at radius 1 is 1.00 bits per heavy atom. The van der Waals surface area contributed by atoms with Crippen LogP contribution in [0.2, 0.25) is 0 Å². The van der Waals surface area contributed by atoms with Crippen molar-refractivity contribution in [1.82, 2.24) is 5.32 Å². The first kappa shape index (κ1) is 20.6. The minimum atomic E-state index is -3.96. The fourth-order valence-electron chi connectivity index (χ4n) is 3.45. The smallest absolute Gasteiger partial charge is 0.261 e. The molecular weight excluding hydrogens is 414 g/mol. The van der Waals surface area contributed by atoms with Crippen molar-refractivity contribution in [3.8, 4) is 0 Å². The van der Waals surface area contributed by atoms with E-state index in [-0.39, 0.29) is 34.5 Å². The number of fused-ring (bicyclic) bond motifs is 1. The van der Waals surface area contributed by atoms with Crippen LogP contribution in [0.1, 0.15) is 34.5 Å². The van der Waals surface area contributed by atoms with Crippen LogP contribution in [-0.2, 0) is 21.2 Å². The number of hydrogen-bond acceptors (Lipinski definition) is 4. The van der Waals surface area contributed by atoms with Crippen LogP contribution in [-0.4, -0.2) is 20.2 Å². The number of carbonyl (C=O) groups excluding carboxylic acids is 2. The van der Waals surface area contributed by atoms with Crippen molar-refractivity contribution in [2.24, 2.45) is 0 Å². The quantitative estimate of drug-likeness (QED) is 0.551. The Kier molecular flexibility index (Phi) is 5.48. The number of anilines is 2. The van der Waals surface area contributed by atoms with Gasteiger partial charge in [0.15, 0.2) is 0 Å². The van der Waals surface area contributed by atoms with Crippen LogP contribution in [0.5, 0.6) is 0 Å². The van der Waals surface area contributed by atoms with E-state index >= 15 is 0 Å². The molecule has 8 heteroatoms. The van der Waals surface area contributed by atoms with Gasteiger partial charge in [0.1, 0.15) is 0 Å². The van der Waals surface area contributed by atoms with E-state index in [1.54, 1.807) is 24.3 Å². The molecule has 0 radical (unpaired) electrons. The molecular formula is C23H21N3O4S. The molecule has 4 rings (SSSR count). The molecule has 0 fully saturated rings. The lowest BCUT2D eigenvalue weighted by molar-refractivity contribution is -0.115. The van der Waals surface area contributed by atoms with Gasteiger partial charge in [-0.05, 0) is 48.4 Å². The largest absolute Gasteiger partial charge is 0.345 e. The van der Waals surface area contributed by atoms with Crippen molar-refractivity contribution in [3.63, 3.8) is 0 Å². The van der Waals surface area contributed by atoms with E-state index in [9.17, 15) is 18.0 Å². The summed E-state index contributed by atoms with van der Waals surface area (Å²) < 4.78 is 28.4. The Hall–Kier alpha value is -3.65. The van der Waals surface area contributed by atoms with Gasteiger partial charge in [-0.25, -0.2) is 8.42 Å². The number of carbonyl (C=O) groups is 2. The van der Waals surface area contributed by atoms with Gasteiger partial charge >= 0.3 is 0 Å². The average Bonchev–Trinajstić information content (AvgIpc) is 3.13. The maximum absolute atomic E-state index is 13.0. The van der Waals surface area contributed by atoms with Crippen molar-refractivity contribution >= 4 is 33.2 Å². The summed E-state index contributed by atoms with van der Waals surface area (Å²) in [5.74, 6) is -0.564. The average molecular weight is 436 g/mol. The molecule has 3 aromatic carbocycles. The summed E-state index contributed by atoms with van der Waals surface area (Å²) in [5.41, 5.74) is 2.56. The number of hydrogen-bond donors (Lipinski definition) is 3. The highest BCUT2D eigenvalue weighted by Crippen LogP contribution is 2.27. The molecule has 0 saturated heterocycles. The fraction of sp³-hybridized carbons (Fsp3) is 0.130. The number of para-hydroxylation sites is 1. The van der Waals surface area contributed by atoms with E-state index in [4.69, 9.17) is 0 Å². The zero-order valence-electron chi connectivity index (χ0n) is 16.8. The molecule has 1 heterocycles. The highest BCUT2D eigenvalue weighted by atomic mass is 32.2. The van der Waals surface area contributed by atoms with E-state index in [0.29, 0.717) is 11.3 Å². The molecule has 3 N–H and O–H groups in total. The van der Waals surface area contributed by atoms with Crippen molar-refractivity contribution in [2.45, 2.75) is 24.3 Å². The van der Waals surface area contributed by atoms with Gasteiger partial charge in [-0.2, -0.15) is 0 Å². The topological polar surface area (TPSA) is 104 Å². The zero-order chi connectivity index (χ0) is 22.0. The first-order valence-electron chi connectivity index (χ1n) is 9.74. The first-order valence-corrected chi connectivity index (χ1v) is 11.2. The molecule has 158 valence electrons. The van der Waals surface area contributed by atoms with Gasteiger partial charge in [0.05, 0.1) is 28.6 Å². The lowest BCUT2D eigenvalue weighted by atomic mass is 10.1. The maximum atomic E-state index is 13.0. The first-order chi connectivity index (χ1) is 14.8. The minimum absolute atomic E-state index is 0.0237. The van der Waals surface area contributed by atoms with Crippen LogP contribution in [0.25, 0.3) is 0 Å². The molecule has 1 aliphatic rings. The van der Waals surface area contributed by atoms with E-state index < -0.39 is 15.9 Å². The number of nitrogens with one attached hydrogen (secondary N) is 3. The predicted molar refractivity (Wildman–Crippen MR) is 118 cm³/mol. The molecule has 1 atom stereocenters. The third-order valence-corrected chi connectivity index (χ3v) is 6.44. The second-order valence-corrected chi connectivity index (χ2v) is 8.98. The van der Waals surface area contributed by atoms with Gasteiger partial charge < -0.3 is 10.6 Å². The molecule has 0 aliphatic carbocycles. The molecule has 1 aliphatic heterocycles. The summed E-state index contributed by atoms with van der Waals surface area (Å²) in [7, 11) is -3.96. The maximum Gasteiger partial charge on any atom is 0.261 e. The Bertz CT molecular complexity index is 1260. The van der Waals surface area contributed by atoms with Crippen molar-refractivity contribution < 1.29 is 18.0 Å². The minimum Gasteiger partial charge on any atom is -0.345 e. The zero-order valence-corrected chi connectivity index (χ0v) is 17.6. The van der Waals surface area contributed by atoms with Crippen LogP contribution >= 0.6 is 0 Å². The van der Waals surface area contributed by atoms with Gasteiger partial charge in [-0.15, -0.1) is 0 Å². The monoisotopic (exact) mass is 435 g/mol. The number of rotatable bonds is 6. The lowest BCUT2D eigenvalue weighted by Crippen LogP contribution is -2.28. The van der Waals surface area contributed by atoms with Crippen LogP contribution in [0, 0.1) is 0 Å². The highest BCUT2D eigenvalue weighted by molar-refractivity contribution is 7.92. The molecule has 2 amide bonds. The fourth-order valence-corrected chi connectivity index (χ4v) is 4.58. The second kappa shape index (κ2) is 8.23. The predicted octanol–water partition coefficient (Wildman–Crippen LogP) is 3.47. The number of benzene rings is 3. The Labute approximate surface area is 180 Å². The van der Waals surface area contributed by atoms with Crippen molar-refractivity contribution in [2.75, 3.05) is 10.0 Å². The summed E-state index contributed by atoms with van der Waals surface area (Å²) in [4.78, 5) is 24.4. The molecule has 0 bridgehead atoms. The van der Waals surface area contributed by atoms with E-state index in [0.717, 1.165) is 5.56 Å². The van der Waals surface area contributed by atoms with Crippen LogP contribution in [0.15, 0.2) is 77.7 Å². The van der Waals surface area contributed by atoms with Crippen molar-refractivity contribution in [3.05, 3.63) is 89.5 Å². The second-order valence-electron chi connectivity index (χ2n) is 7.30. The third kappa shape index (κ3) is 4.44. The molecule has 31 heavy (non-hydrogen) atoms. The standard InChI is InChI=1S/C23H21N3O4S/c1-15(16-7-3-2-4-8-16)24-23(28)19-9-5-6-10-21(19)26-31(29,30)18-11-12-20-17(13-18)14-22(27)25-20/h2-13,15,26H,14H2,1H3,(H,24,28)(H,25,27)/t15-/m1/s1. The van der Waals surface area contributed by atoms with E-state index in [2.05, 4.69) is 15.4 Å². The molecule has 3 aromatic rings. The van der Waals surface area contributed by atoms with Gasteiger partial charge in [0.2, 0.25) is 5.91 Å². The molecule has 0 saturated carbocycles. The Morgan fingerprint density at radius 2 is 1.71 bits per heavy atom. The summed E-state index contributed by atoms with van der Waals surface area (Å²) in [6, 6.07) is 20.1. The van der Waals surface area contributed by atoms with Crippen LogP contribution in [0.4, 0.5) is 11.4 Å². The normalized spacial score (nSPS) is 13.8. The summed E-state index contributed by atoms with van der Waals surface area (Å²) in [6.07, 6.45) is 0.134. The summed E-state index contributed by atoms with van der Waals surface area (Å²) >= 11 is 0. The van der Waals surface area contributed by atoms with Gasteiger partial charge in [0, 0.05) is 5.69 Å². The third-order valence-electron chi connectivity index (χ3n) is 5.08. The highest BCUT2D eigenvalue weighted by Gasteiger charge is 2.23. The number of amides is 2. The molecule has 0 spiro atoms. The van der Waals surface area contributed by atoms with E-state index in [1.165, 1.54) is 18.2 Å². The van der Waals surface area contributed by atoms with Gasteiger partial charge in [-0.3, -0.25) is 14.3 Å². The van der Waals surface area contributed by atoms with Crippen LogP contribution in [0.3, 0.4) is 0 Å². The molecule has 7 nitrogen and oxygen atoms in total. The Balaban J connectivity index is 1.56. The summed E-state index contributed by atoms with van der Waals surface area (Å²) in [6.45, 7) is 1.86. The van der Waals surface area contributed by atoms with Crippen molar-refractivity contribution in [1.29, 1.82) is 0 Å². The molecule has 0 unspecified atom stereocenters. The molecule has 0 aromatic heterocycles. The summed E-state index contributed by atoms with van der Waals surface area (Å²) in [5, 5.41) is 5.57. The van der Waals surface area contributed by atoms with Gasteiger partial charge in [0.25, 0.3) is 15.9 Å². The lowest BCUT2D eigenvalue weighted by Gasteiger charge is -2.17. The Morgan fingerprint density at radius 3 is 2.48 bits per heavy atom.